The number of carbonyl (C=O) groups excluding carboxylic acids is 3. The van der Waals surface area contributed by atoms with E-state index in [4.69, 9.17) is 9.47 Å². The Labute approximate surface area is 125 Å². The fourth-order valence-electron chi connectivity index (χ4n) is 2.08. The molecule has 1 aromatic carbocycles. The van der Waals surface area contributed by atoms with E-state index in [1.165, 1.54) is 13.2 Å². The van der Waals surface area contributed by atoms with Crippen molar-refractivity contribution in [3.63, 3.8) is 0 Å². The molecule has 0 radical (unpaired) electrons. The van der Waals surface area contributed by atoms with Crippen LogP contribution in [0.1, 0.15) is 5.56 Å². The van der Waals surface area contributed by atoms with Crippen LogP contribution in [0.15, 0.2) is 23.9 Å². The van der Waals surface area contributed by atoms with Crippen molar-refractivity contribution in [2.24, 2.45) is 0 Å². The average molecular weight is 304 g/mol. The van der Waals surface area contributed by atoms with E-state index >= 15 is 0 Å². The number of fused-ring (bicyclic) bond motifs is 1. The Morgan fingerprint density at radius 1 is 1.36 bits per heavy atom. The van der Waals surface area contributed by atoms with Crippen molar-refractivity contribution in [1.29, 1.82) is 0 Å². The zero-order chi connectivity index (χ0) is 15.7. The van der Waals surface area contributed by atoms with Gasteiger partial charge >= 0.3 is 12.0 Å². The third kappa shape index (κ3) is 2.46. The van der Waals surface area contributed by atoms with Crippen LogP contribution in [0, 0.1) is 0 Å². The minimum absolute atomic E-state index is 0.0766. The summed E-state index contributed by atoms with van der Waals surface area (Å²) in [7, 11) is 1.18. The van der Waals surface area contributed by atoms with Gasteiger partial charge < -0.3 is 19.5 Å². The zero-order valence-corrected chi connectivity index (χ0v) is 11.6. The number of hydrogen-bond acceptors (Lipinski definition) is 6. The Hall–Kier alpha value is -3.03. The minimum atomic E-state index is -0.673. The summed E-state index contributed by atoms with van der Waals surface area (Å²) in [4.78, 5) is 35.8. The quantitative estimate of drug-likeness (QED) is 0.496. The van der Waals surface area contributed by atoms with Crippen LogP contribution in [-0.2, 0) is 14.3 Å². The van der Waals surface area contributed by atoms with Gasteiger partial charge in [-0.3, -0.25) is 9.59 Å². The molecule has 0 bridgehead atoms. The van der Waals surface area contributed by atoms with Gasteiger partial charge in [-0.2, -0.15) is 0 Å². The first-order valence-corrected chi connectivity index (χ1v) is 6.39. The van der Waals surface area contributed by atoms with E-state index in [-0.39, 0.29) is 12.5 Å². The Kier molecular flexibility index (Phi) is 3.42. The molecular weight excluding hydrogens is 292 g/mol. The summed E-state index contributed by atoms with van der Waals surface area (Å²) in [6.45, 7) is -0.280. The lowest BCUT2D eigenvalue weighted by molar-refractivity contribution is -0.143. The summed E-state index contributed by atoms with van der Waals surface area (Å²) in [6, 6.07) is 4.46. The number of carbonyl (C=O) groups is 3. The number of ether oxygens (including phenoxy) is 3. The normalized spacial score (nSPS) is 17.9. The van der Waals surface area contributed by atoms with Crippen LogP contribution in [0.5, 0.6) is 11.5 Å². The van der Waals surface area contributed by atoms with Gasteiger partial charge in [-0.05, 0) is 23.8 Å². The number of urea groups is 1. The molecule has 0 atom stereocenters. The summed E-state index contributed by atoms with van der Waals surface area (Å²) in [6.07, 6.45) is 1.50. The van der Waals surface area contributed by atoms with Crippen molar-refractivity contribution in [2.75, 3.05) is 20.4 Å². The monoisotopic (exact) mass is 304 g/mol. The van der Waals surface area contributed by atoms with Crippen LogP contribution in [0.25, 0.3) is 6.08 Å². The lowest BCUT2D eigenvalue weighted by Gasteiger charge is -2.08. The molecule has 0 spiro atoms. The molecule has 2 aliphatic heterocycles. The summed E-state index contributed by atoms with van der Waals surface area (Å²) >= 11 is 0. The van der Waals surface area contributed by atoms with E-state index < -0.39 is 24.5 Å². The first-order chi connectivity index (χ1) is 10.6. The molecule has 1 N–H and O–H groups in total. The highest BCUT2D eigenvalue weighted by atomic mass is 16.7. The molecule has 2 aliphatic rings. The van der Waals surface area contributed by atoms with Gasteiger partial charge in [0.2, 0.25) is 6.79 Å². The van der Waals surface area contributed by atoms with Gasteiger partial charge in [-0.15, -0.1) is 0 Å². The number of amides is 3. The van der Waals surface area contributed by atoms with Gasteiger partial charge in [0, 0.05) is 0 Å². The largest absolute Gasteiger partial charge is 0.468 e. The van der Waals surface area contributed by atoms with E-state index in [9.17, 15) is 14.4 Å². The molecule has 0 aliphatic carbocycles. The van der Waals surface area contributed by atoms with Crippen molar-refractivity contribution in [3.8, 4) is 11.5 Å². The molecule has 0 saturated carbocycles. The van der Waals surface area contributed by atoms with Crippen LogP contribution in [0.4, 0.5) is 4.79 Å². The number of nitrogens with zero attached hydrogens (tertiary/aromatic N) is 1. The highest BCUT2D eigenvalue weighted by Crippen LogP contribution is 2.33. The summed E-state index contributed by atoms with van der Waals surface area (Å²) in [5, 5.41) is 2.42. The van der Waals surface area contributed by atoms with Crippen LogP contribution < -0.4 is 14.8 Å². The van der Waals surface area contributed by atoms with E-state index in [2.05, 4.69) is 10.1 Å². The third-order valence-electron chi connectivity index (χ3n) is 3.18. The number of benzene rings is 1. The molecule has 22 heavy (non-hydrogen) atoms. The lowest BCUT2D eigenvalue weighted by atomic mass is 10.1. The van der Waals surface area contributed by atoms with Crippen molar-refractivity contribution in [2.45, 2.75) is 0 Å². The molecule has 0 unspecified atom stereocenters. The van der Waals surface area contributed by atoms with Crippen molar-refractivity contribution >= 4 is 24.0 Å². The number of nitrogens with one attached hydrogen (secondary N) is 1. The second-order valence-corrected chi connectivity index (χ2v) is 4.57. The van der Waals surface area contributed by atoms with Crippen LogP contribution in [0.3, 0.4) is 0 Å². The number of hydrogen-bond donors (Lipinski definition) is 1. The standard InChI is InChI=1S/C14H12N2O6/c1-20-12(17)6-16-13(18)9(15-14(16)19)4-8-2-3-10-11(5-8)22-7-21-10/h2-5H,6-7H2,1H3,(H,15,19). The average Bonchev–Trinajstić information content (AvgIpc) is 3.07. The molecule has 2 heterocycles. The van der Waals surface area contributed by atoms with Gasteiger partial charge in [-0.25, -0.2) is 9.69 Å². The Morgan fingerprint density at radius 2 is 2.14 bits per heavy atom. The smallest absolute Gasteiger partial charge is 0.329 e. The van der Waals surface area contributed by atoms with Crippen LogP contribution >= 0.6 is 0 Å². The Morgan fingerprint density at radius 3 is 2.91 bits per heavy atom. The van der Waals surface area contributed by atoms with E-state index in [0.29, 0.717) is 17.1 Å². The van der Waals surface area contributed by atoms with Crippen LogP contribution in [-0.4, -0.2) is 43.3 Å². The fraction of sp³-hybridized carbons (Fsp3) is 0.214. The SMILES string of the molecule is COC(=O)CN1C(=O)NC(=Cc2ccc3c(c2)OCO3)C1=O. The molecule has 3 amide bonds. The van der Waals surface area contributed by atoms with E-state index in [1.807, 2.05) is 0 Å². The van der Waals surface area contributed by atoms with Gasteiger partial charge in [0.15, 0.2) is 11.5 Å². The maximum atomic E-state index is 12.1. The number of imide groups is 1. The van der Waals surface area contributed by atoms with Crippen molar-refractivity contribution in [1.82, 2.24) is 10.2 Å². The maximum Gasteiger partial charge on any atom is 0.329 e. The maximum absolute atomic E-state index is 12.1. The van der Waals surface area contributed by atoms with Crippen molar-refractivity contribution in [3.05, 3.63) is 29.5 Å². The molecule has 1 fully saturated rings. The number of rotatable bonds is 3. The van der Waals surface area contributed by atoms with Gasteiger partial charge in [0.25, 0.3) is 5.91 Å². The summed E-state index contributed by atoms with van der Waals surface area (Å²) < 4.78 is 14.9. The predicted octanol–water partition coefficient (Wildman–Crippen LogP) is 0.481. The molecular formula is C14H12N2O6. The second-order valence-electron chi connectivity index (χ2n) is 4.57. The highest BCUT2D eigenvalue weighted by molar-refractivity contribution is 6.15. The van der Waals surface area contributed by atoms with Crippen molar-refractivity contribution < 1.29 is 28.6 Å². The first-order valence-electron chi connectivity index (χ1n) is 6.39. The summed E-state index contributed by atoms with van der Waals surface area (Å²) in [5.74, 6) is -0.0744. The second kappa shape index (κ2) is 5.40. The summed E-state index contributed by atoms with van der Waals surface area (Å²) in [5.41, 5.74) is 0.737. The molecule has 3 rings (SSSR count). The predicted molar refractivity (Wildman–Crippen MR) is 72.8 cm³/mol. The number of esters is 1. The van der Waals surface area contributed by atoms with Gasteiger partial charge in [0.05, 0.1) is 7.11 Å². The molecule has 8 nitrogen and oxygen atoms in total. The third-order valence-corrected chi connectivity index (χ3v) is 3.18. The lowest BCUT2D eigenvalue weighted by Crippen LogP contribution is -2.36. The number of methoxy groups -OCH3 is 1. The Balaban J connectivity index is 1.82. The topological polar surface area (TPSA) is 94.2 Å². The first kappa shape index (κ1) is 13.9. The minimum Gasteiger partial charge on any atom is -0.468 e. The molecule has 1 saturated heterocycles. The molecule has 0 aromatic heterocycles. The Bertz CT molecular complexity index is 697. The molecule has 114 valence electrons. The molecule has 8 heteroatoms. The van der Waals surface area contributed by atoms with Crippen LogP contribution in [0.2, 0.25) is 0 Å². The van der Waals surface area contributed by atoms with Gasteiger partial charge in [-0.1, -0.05) is 6.07 Å². The zero-order valence-electron chi connectivity index (χ0n) is 11.6. The van der Waals surface area contributed by atoms with E-state index in [0.717, 1.165) is 4.90 Å². The molecule has 1 aromatic rings. The fourth-order valence-corrected chi connectivity index (χ4v) is 2.08. The highest BCUT2D eigenvalue weighted by Gasteiger charge is 2.35. The van der Waals surface area contributed by atoms with Gasteiger partial charge in [0.1, 0.15) is 12.2 Å². The van der Waals surface area contributed by atoms with E-state index in [1.54, 1.807) is 18.2 Å².